The van der Waals surface area contributed by atoms with E-state index < -0.39 is 0 Å². The van der Waals surface area contributed by atoms with Crippen LogP contribution in [0, 0.1) is 0 Å². The summed E-state index contributed by atoms with van der Waals surface area (Å²) < 4.78 is 13.1. The van der Waals surface area contributed by atoms with Crippen molar-refractivity contribution >= 4 is 10.9 Å². The van der Waals surface area contributed by atoms with E-state index in [1.165, 1.54) is 10.9 Å². The molecule has 0 atom stereocenters. The van der Waals surface area contributed by atoms with Gasteiger partial charge >= 0.3 is 0 Å². The number of aryl methyl sites for hydroxylation is 1. The van der Waals surface area contributed by atoms with E-state index in [9.17, 15) is 0 Å². The summed E-state index contributed by atoms with van der Waals surface area (Å²) in [5.74, 6) is 1.62. The van der Waals surface area contributed by atoms with Crippen molar-refractivity contribution in [2.75, 3.05) is 7.11 Å². The van der Waals surface area contributed by atoms with Gasteiger partial charge in [-0.15, -0.1) is 0 Å². The smallest absolute Gasteiger partial charge is 0.176 e. The molecule has 4 rings (SSSR count). The van der Waals surface area contributed by atoms with Gasteiger partial charge in [0, 0.05) is 29.3 Å². The van der Waals surface area contributed by atoms with Gasteiger partial charge < -0.3 is 13.8 Å². The van der Waals surface area contributed by atoms with Crippen LogP contribution in [0.2, 0.25) is 0 Å². The zero-order valence-electron chi connectivity index (χ0n) is 13.7. The molecule has 0 spiro atoms. The van der Waals surface area contributed by atoms with Crippen molar-refractivity contribution in [3.63, 3.8) is 0 Å². The molecule has 120 valence electrons. The molecule has 0 radical (unpaired) electrons. The highest BCUT2D eigenvalue weighted by atomic mass is 16.5. The van der Waals surface area contributed by atoms with Crippen molar-refractivity contribution < 1.29 is 9.26 Å². The lowest BCUT2D eigenvalue weighted by Gasteiger charge is -2.08. The second-order valence-corrected chi connectivity index (χ2v) is 5.64. The first-order chi connectivity index (χ1) is 11.8. The van der Waals surface area contributed by atoms with Gasteiger partial charge in [0.25, 0.3) is 0 Å². The molecule has 2 aromatic heterocycles. The lowest BCUT2D eigenvalue weighted by molar-refractivity contribution is 0.415. The van der Waals surface area contributed by atoms with Crippen LogP contribution in [-0.2, 0) is 6.54 Å². The molecule has 0 aliphatic heterocycles. The van der Waals surface area contributed by atoms with E-state index >= 15 is 0 Å². The molecule has 4 aromatic rings. The lowest BCUT2D eigenvalue weighted by atomic mass is 10.0. The monoisotopic (exact) mass is 318 g/mol. The summed E-state index contributed by atoms with van der Waals surface area (Å²) in [6, 6.07) is 16.3. The highest BCUT2D eigenvalue weighted by molar-refractivity contribution is 5.96. The molecule has 0 fully saturated rings. The Hall–Kier alpha value is -3.01. The number of rotatable bonds is 4. The van der Waals surface area contributed by atoms with Gasteiger partial charge in [0.05, 0.1) is 18.8 Å². The molecular weight excluding hydrogens is 300 g/mol. The summed E-state index contributed by atoms with van der Waals surface area (Å²) in [7, 11) is 1.67. The molecule has 2 aromatic carbocycles. The molecule has 0 aliphatic carbocycles. The first-order valence-corrected chi connectivity index (χ1v) is 7.99. The number of benzene rings is 2. The Bertz CT molecular complexity index is 980. The van der Waals surface area contributed by atoms with Crippen molar-refractivity contribution in [1.82, 2.24) is 9.72 Å². The number of hydrogen-bond acceptors (Lipinski definition) is 3. The number of fused-ring (bicyclic) bond motifs is 1. The van der Waals surface area contributed by atoms with Gasteiger partial charge in [0.2, 0.25) is 0 Å². The fourth-order valence-electron chi connectivity index (χ4n) is 3.12. The standard InChI is InChI=1S/C20H18N2O2/c1-3-22-12-11-15-5-4-6-17(19(15)22)20-18(13-21-24-20)14-7-9-16(23-2)10-8-14/h4-13H,3H2,1-2H3. The van der Waals surface area contributed by atoms with Crippen LogP contribution in [0.5, 0.6) is 5.75 Å². The molecule has 2 heterocycles. The molecule has 4 nitrogen and oxygen atoms in total. The van der Waals surface area contributed by atoms with Crippen LogP contribution in [0.15, 0.2) is 65.4 Å². The third kappa shape index (κ3) is 2.27. The highest BCUT2D eigenvalue weighted by Crippen LogP contribution is 2.36. The minimum absolute atomic E-state index is 0.791. The predicted octanol–water partition coefficient (Wildman–Crippen LogP) is 4.99. The normalized spacial score (nSPS) is 11.1. The van der Waals surface area contributed by atoms with Crippen LogP contribution in [0.3, 0.4) is 0 Å². The first kappa shape index (κ1) is 14.6. The topological polar surface area (TPSA) is 40.2 Å². The van der Waals surface area contributed by atoms with Crippen molar-refractivity contribution in [3.8, 4) is 28.2 Å². The summed E-state index contributed by atoms with van der Waals surface area (Å²) in [4.78, 5) is 0. The van der Waals surface area contributed by atoms with E-state index in [1.807, 2.05) is 24.3 Å². The van der Waals surface area contributed by atoms with E-state index in [2.05, 4.69) is 47.1 Å². The Kier molecular flexibility index (Phi) is 3.58. The van der Waals surface area contributed by atoms with E-state index in [1.54, 1.807) is 13.3 Å². The molecule has 0 N–H and O–H groups in total. The summed E-state index contributed by atoms with van der Waals surface area (Å²) in [5, 5.41) is 5.25. The molecule has 0 saturated heterocycles. The number of methoxy groups -OCH3 is 1. The van der Waals surface area contributed by atoms with Crippen molar-refractivity contribution in [1.29, 1.82) is 0 Å². The lowest BCUT2D eigenvalue weighted by Crippen LogP contribution is -1.93. The highest BCUT2D eigenvalue weighted by Gasteiger charge is 2.17. The van der Waals surface area contributed by atoms with E-state index in [0.717, 1.165) is 34.7 Å². The van der Waals surface area contributed by atoms with Crippen LogP contribution in [0.25, 0.3) is 33.4 Å². The minimum Gasteiger partial charge on any atom is -0.497 e. The number of ether oxygens (including phenoxy) is 1. The zero-order valence-corrected chi connectivity index (χ0v) is 13.7. The molecule has 24 heavy (non-hydrogen) atoms. The molecule has 4 heteroatoms. The molecule has 0 saturated carbocycles. The van der Waals surface area contributed by atoms with Gasteiger partial charge in [-0.05, 0) is 36.8 Å². The first-order valence-electron chi connectivity index (χ1n) is 7.99. The predicted molar refractivity (Wildman–Crippen MR) is 95.1 cm³/mol. The van der Waals surface area contributed by atoms with Crippen LogP contribution in [0.4, 0.5) is 0 Å². The Balaban J connectivity index is 1.90. The average molecular weight is 318 g/mol. The van der Waals surface area contributed by atoms with Gasteiger partial charge in [-0.25, -0.2) is 0 Å². The molecule has 0 amide bonds. The van der Waals surface area contributed by atoms with Crippen molar-refractivity contribution in [2.24, 2.45) is 0 Å². The Morgan fingerprint density at radius 2 is 1.88 bits per heavy atom. The number of hydrogen-bond donors (Lipinski definition) is 0. The minimum atomic E-state index is 0.791. The zero-order chi connectivity index (χ0) is 16.5. The number of aromatic nitrogens is 2. The van der Waals surface area contributed by atoms with Crippen molar-refractivity contribution in [3.05, 3.63) is 60.9 Å². The second kappa shape index (κ2) is 5.89. The summed E-state index contributed by atoms with van der Waals surface area (Å²) in [6.07, 6.45) is 3.88. The molecule has 0 bridgehead atoms. The number of nitrogens with zero attached hydrogens (tertiary/aromatic N) is 2. The van der Waals surface area contributed by atoms with E-state index in [-0.39, 0.29) is 0 Å². The van der Waals surface area contributed by atoms with Gasteiger partial charge in [-0.1, -0.05) is 29.4 Å². The summed E-state index contributed by atoms with van der Waals surface area (Å²) in [5.41, 5.74) is 4.27. The SMILES string of the molecule is CCn1ccc2cccc(-c3oncc3-c3ccc(OC)cc3)c21. The second-order valence-electron chi connectivity index (χ2n) is 5.64. The van der Waals surface area contributed by atoms with Crippen LogP contribution in [-0.4, -0.2) is 16.8 Å². The number of para-hydroxylation sites is 1. The maximum absolute atomic E-state index is 5.64. The van der Waals surface area contributed by atoms with Crippen LogP contribution in [0.1, 0.15) is 6.92 Å². The molecule has 0 aliphatic rings. The Morgan fingerprint density at radius 3 is 2.62 bits per heavy atom. The van der Waals surface area contributed by atoms with Gasteiger partial charge in [-0.2, -0.15) is 0 Å². The fraction of sp³-hybridized carbons (Fsp3) is 0.150. The van der Waals surface area contributed by atoms with Gasteiger partial charge in [0.1, 0.15) is 5.75 Å². The molecule has 0 unspecified atom stereocenters. The van der Waals surface area contributed by atoms with Crippen LogP contribution >= 0.6 is 0 Å². The summed E-state index contributed by atoms with van der Waals surface area (Å²) in [6.45, 7) is 3.05. The fourth-order valence-corrected chi connectivity index (χ4v) is 3.12. The van der Waals surface area contributed by atoms with Crippen LogP contribution < -0.4 is 4.74 Å². The maximum atomic E-state index is 5.64. The van der Waals surface area contributed by atoms with E-state index in [4.69, 9.17) is 9.26 Å². The largest absolute Gasteiger partial charge is 0.497 e. The van der Waals surface area contributed by atoms with Crippen molar-refractivity contribution in [2.45, 2.75) is 13.5 Å². The maximum Gasteiger partial charge on any atom is 0.176 e. The van der Waals surface area contributed by atoms with Gasteiger partial charge in [-0.3, -0.25) is 0 Å². The van der Waals surface area contributed by atoms with E-state index in [0.29, 0.717) is 0 Å². The third-order valence-corrected chi connectivity index (χ3v) is 4.35. The Morgan fingerprint density at radius 1 is 1.04 bits per heavy atom. The molecular formula is C20H18N2O2. The third-order valence-electron chi connectivity index (χ3n) is 4.35. The quantitative estimate of drug-likeness (QED) is 0.532. The summed E-state index contributed by atoms with van der Waals surface area (Å²) >= 11 is 0. The average Bonchev–Trinajstić information content (AvgIpc) is 3.28. The Labute approximate surface area is 140 Å². The van der Waals surface area contributed by atoms with Gasteiger partial charge in [0.15, 0.2) is 5.76 Å².